The van der Waals surface area contributed by atoms with E-state index in [0.717, 1.165) is 15.2 Å². The third kappa shape index (κ3) is 4.25. The molecule has 3 rings (SSSR count). The summed E-state index contributed by atoms with van der Waals surface area (Å²) in [7, 11) is 0. The van der Waals surface area contributed by atoms with Crippen LogP contribution in [0.15, 0.2) is 52.1 Å². The first-order valence-electron chi connectivity index (χ1n) is 9.15. The molecule has 2 aromatic carbocycles. The van der Waals surface area contributed by atoms with Gasteiger partial charge in [-0.3, -0.25) is 24.3 Å². The Morgan fingerprint density at radius 1 is 1.20 bits per heavy atom. The topological polar surface area (TPSA) is 116 Å². The second-order valence-corrected chi connectivity index (χ2v) is 7.58. The summed E-state index contributed by atoms with van der Waals surface area (Å²) in [5.41, 5.74) is -1.48. The zero-order chi connectivity index (χ0) is 22.0. The van der Waals surface area contributed by atoms with Gasteiger partial charge in [-0.2, -0.15) is 0 Å². The molecule has 1 aromatic heterocycles. The van der Waals surface area contributed by atoms with E-state index in [1.807, 2.05) is 13.8 Å². The van der Waals surface area contributed by atoms with Crippen LogP contribution in [-0.2, 0) is 11.3 Å². The van der Waals surface area contributed by atoms with Gasteiger partial charge in [0.15, 0.2) is 0 Å². The highest BCUT2D eigenvalue weighted by molar-refractivity contribution is 6.31. The van der Waals surface area contributed by atoms with Crippen LogP contribution in [0.2, 0.25) is 5.02 Å². The van der Waals surface area contributed by atoms with Gasteiger partial charge < -0.3 is 5.32 Å². The normalized spacial score (nSPS) is 11.1. The Balaban J connectivity index is 2.25. The zero-order valence-corrected chi connectivity index (χ0v) is 17.0. The fraction of sp³-hybridized carbons (Fsp3) is 0.250. The number of nitro groups is 1. The summed E-state index contributed by atoms with van der Waals surface area (Å²) >= 11 is 6.05. The fourth-order valence-corrected chi connectivity index (χ4v) is 3.15. The standard InChI is InChI=1S/C20H19ClN4O5/c1-12(2)10-22-18(26)11-23-17-8-13(21)6-7-16(17)19(27)24(20(23)28)14-4-3-5-15(9-14)25(29)30/h3-9,12H,10-11H2,1-2H3,(H,22,26). The van der Waals surface area contributed by atoms with Gasteiger partial charge in [0.05, 0.1) is 21.5 Å². The van der Waals surface area contributed by atoms with Crippen molar-refractivity contribution in [1.82, 2.24) is 14.5 Å². The van der Waals surface area contributed by atoms with E-state index in [9.17, 15) is 24.5 Å². The van der Waals surface area contributed by atoms with Crippen molar-refractivity contribution < 1.29 is 9.72 Å². The molecular formula is C20H19ClN4O5. The number of rotatable bonds is 6. The van der Waals surface area contributed by atoms with Crippen LogP contribution in [0.3, 0.4) is 0 Å². The van der Waals surface area contributed by atoms with Gasteiger partial charge in [0.2, 0.25) is 5.91 Å². The van der Waals surface area contributed by atoms with E-state index in [0.29, 0.717) is 11.6 Å². The molecule has 0 atom stereocenters. The average Bonchev–Trinajstić information content (AvgIpc) is 2.69. The van der Waals surface area contributed by atoms with Crippen LogP contribution >= 0.6 is 11.6 Å². The molecule has 0 unspecified atom stereocenters. The zero-order valence-electron chi connectivity index (χ0n) is 16.3. The number of benzene rings is 2. The van der Waals surface area contributed by atoms with Crippen LogP contribution in [0, 0.1) is 16.0 Å². The lowest BCUT2D eigenvalue weighted by Gasteiger charge is -2.15. The molecule has 30 heavy (non-hydrogen) atoms. The number of nitrogens with zero attached hydrogens (tertiary/aromatic N) is 3. The number of nitrogens with one attached hydrogen (secondary N) is 1. The summed E-state index contributed by atoms with van der Waals surface area (Å²) < 4.78 is 1.95. The quantitative estimate of drug-likeness (QED) is 0.476. The third-order valence-electron chi connectivity index (χ3n) is 4.41. The van der Waals surface area contributed by atoms with E-state index >= 15 is 0 Å². The second-order valence-electron chi connectivity index (χ2n) is 7.15. The summed E-state index contributed by atoms with van der Waals surface area (Å²) in [6.07, 6.45) is 0. The molecule has 0 bridgehead atoms. The second kappa shape index (κ2) is 8.50. The van der Waals surface area contributed by atoms with Crippen molar-refractivity contribution in [3.63, 3.8) is 0 Å². The molecule has 0 fully saturated rings. The van der Waals surface area contributed by atoms with Gasteiger partial charge in [-0.15, -0.1) is 0 Å². The maximum absolute atomic E-state index is 13.2. The van der Waals surface area contributed by atoms with E-state index in [1.165, 1.54) is 36.4 Å². The maximum atomic E-state index is 13.2. The number of carbonyl (C=O) groups excluding carboxylic acids is 1. The van der Waals surface area contributed by atoms with Crippen LogP contribution in [0.4, 0.5) is 5.69 Å². The Morgan fingerprint density at radius 3 is 2.60 bits per heavy atom. The van der Waals surface area contributed by atoms with Crippen LogP contribution in [0.1, 0.15) is 13.8 Å². The molecule has 3 aromatic rings. The fourth-order valence-electron chi connectivity index (χ4n) is 2.98. The smallest absolute Gasteiger partial charge is 0.336 e. The summed E-state index contributed by atoms with van der Waals surface area (Å²) in [5.74, 6) is -0.188. The molecule has 1 amide bonds. The van der Waals surface area contributed by atoms with Gasteiger partial charge in [-0.25, -0.2) is 9.36 Å². The van der Waals surface area contributed by atoms with Crippen LogP contribution in [-0.4, -0.2) is 26.5 Å². The molecule has 0 spiro atoms. The summed E-state index contributed by atoms with van der Waals surface area (Å²) in [6, 6.07) is 9.58. The van der Waals surface area contributed by atoms with Crippen LogP contribution in [0.25, 0.3) is 16.6 Å². The SMILES string of the molecule is CC(C)CNC(=O)Cn1c(=O)n(-c2cccc([N+](=O)[O-])c2)c(=O)c2ccc(Cl)cc21. The lowest BCUT2D eigenvalue weighted by Crippen LogP contribution is -2.42. The molecule has 0 aliphatic rings. The number of amides is 1. The highest BCUT2D eigenvalue weighted by atomic mass is 35.5. The number of non-ortho nitro benzene ring substituents is 1. The Kier molecular flexibility index (Phi) is 6.02. The Hall–Kier alpha value is -3.46. The maximum Gasteiger partial charge on any atom is 0.336 e. The molecule has 0 saturated carbocycles. The van der Waals surface area contributed by atoms with E-state index in [2.05, 4.69) is 5.32 Å². The van der Waals surface area contributed by atoms with E-state index < -0.39 is 22.1 Å². The third-order valence-corrected chi connectivity index (χ3v) is 4.65. The number of hydrogen-bond acceptors (Lipinski definition) is 5. The molecular weight excluding hydrogens is 412 g/mol. The van der Waals surface area contributed by atoms with Crippen molar-refractivity contribution in [2.75, 3.05) is 6.54 Å². The lowest BCUT2D eigenvalue weighted by molar-refractivity contribution is -0.384. The first-order valence-corrected chi connectivity index (χ1v) is 9.53. The van der Waals surface area contributed by atoms with Crippen molar-refractivity contribution in [3.8, 4) is 5.69 Å². The van der Waals surface area contributed by atoms with Crippen molar-refractivity contribution in [3.05, 3.63) is 78.4 Å². The number of hydrogen-bond donors (Lipinski definition) is 1. The minimum Gasteiger partial charge on any atom is -0.354 e. The Morgan fingerprint density at radius 2 is 1.93 bits per heavy atom. The number of halogens is 1. The molecule has 0 aliphatic heterocycles. The highest BCUT2D eigenvalue weighted by Crippen LogP contribution is 2.18. The van der Waals surface area contributed by atoms with E-state index in [1.54, 1.807) is 0 Å². The predicted octanol–water partition coefficient (Wildman–Crippen LogP) is 2.49. The Labute approximate surface area is 175 Å². The van der Waals surface area contributed by atoms with Gasteiger partial charge in [0.1, 0.15) is 6.54 Å². The molecule has 0 radical (unpaired) electrons. The van der Waals surface area contributed by atoms with E-state index in [-0.39, 0.29) is 34.7 Å². The van der Waals surface area contributed by atoms with Crippen molar-refractivity contribution in [1.29, 1.82) is 0 Å². The largest absolute Gasteiger partial charge is 0.354 e. The highest BCUT2D eigenvalue weighted by Gasteiger charge is 2.18. The number of nitro benzene ring substituents is 1. The molecule has 156 valence electrons. The minimum absolute atomic E-state index is 0.0346. The molecule has 10 heteroatoms. The minimum atomic E-state index is -0.796. The molecule has 9 nitrogen and oxygen atoms in total. The number of carbonyl (C=O) groups is 1. The number of aromatic nitrogens is 2. The van der Waals surface area contributed by atoms with Gasteiger partial charge in [-0.1, -0.05) is 31.5 Å². The summed E-state index contributed by atoms with van der Waals surface area (Å²) in [5, 5.41) is 14.3. The van der Waals surface area contributed by atoms with Crippen molar-refractivity contribution in [2.45, 2.75) is 20.4 Å². The predicted molar refractivity (Wildman–Crippen MR) is 113 cm³/mol. The van der Waals surface area contributed by atoms with E-state index in [4.69, 9.17) is 11.6 Å². The lowest BCUT2D eigenvalue weighted by atomic mass is 10.2. The van der Waals surface area contributed by atoms with Crippen molar-refractivity contribution >= 4 is 34.1 Å². The summed E-state index contributed by atoms with van der Waals surface area (Å²) in [4.78, 5) is 49.1. The van der Waals surface area contributed by atoms with Gasteiger partial charge in [0, 0.05) is 23.7 Å². The number of fused-ring (bicyclic) bond motifs is 1. The van der Waals surface area contributed by atoms with Gasteiger partial charge >= 0.3 is 5.69 Å². The first kappa shape index (κ1) is 21.3. The van der Waals surface area contributed by atoms with Gasteiger partial charge in [0.25, 0.3) is 11.2 Å². The van der Waals surface area contributed by atoms with Gasteiger partial charge in [-0.05, 0) is 30.2 Å². The Bertz CT molecular complexity index is 1260. The average molecular weight is 431 g/mol. The van der Waals surface area contributed by atoms with Crippen LogP contribution < -0.4 is 16.6 Å². The van der Waals surface area contributed by atoms with Crippen LogP contribution in [0.5, 0.6) is 0 Å². The molecule has 0 saturated heterocycles. The molecule has 1 N–H and O–H groups in total. The van der Waals surface area contributed by atoms with Crippen molar-refractivity contribution in [2.24, 2.45) is 5.92 Å². The molecule has 0 aliphatic carbocycles. The molecule has 1 heterocycles. The first-order chi connectivity index (χ1) is 14.2. The monoisotopic (exact) mass is 430 g/mol. The summed E-state index contributed by atoms with van der Waals surface area (Å²) in [6.45, 7) is 3.96.